The molecule has 4 heteroatoms. The van der Waals surface area contributed by atoms with Crippen molar-refractivity contribution < 1.29 is 9.53 Å². The number of carbonyl (C=O) groups excluding carboxylic acids is 1. The van der Waals surface area contributed by atoms with E-state index < -0.39 is 0 Å². The summed E-state index contributed by atoms with van der Waals surface area (Å²) in [5.74, 6) is 0.121. The normalized spacial score (nSPS) is 22.3. The van der Waals surface area contributed by atoms with Crippen molar-refractivity contribution in [3.05, 3.63) is 0 Å². The Morgan fingerprint density at radius 1 is 1.69 bits per heavy atom. The molecule has 0 saturated carbocycles. The molecule has 0 aliphatic carbocycles. The Labute approximate surface area is 87.6 Å². The first-order chi connectivity index (χ1) is 6.24. The van der Waals surface area contributed by atoms with Crippen LogP contribution in [0.15, 0.2) is 0 Å². The second kappa shape index (κ2) is 5.60. The lowest BCUT2D eigenvalue weighted by Crippen LogP contribution is -2.32. The van der Waals surface area contributed by atoms with E-state index in [-0.39, 0.29) is 12.5 Å². The molecule has 1 unspecified atom stereocenters. The lowest BCUT2D eigenvalue weighted by molar-refractivity contribution is -0.135. The van der Waals surface area contributed by atoms with Gasteiger partial charge < -0.3 is 9.64 Å². The van der Waals surface area contributed by atoms with Gasteiger partial charge in [0.2, 0.25) is 5.91 Å². The molecular formula is C9H16BrNO2. The molecule has 76 valence electrons. The third-order valence-corrected chi connectivity index (χ3v) is 2.80. The van der Waals surface area contributed by atoms with Crippen LogP contribution in [0.1, 0.15) is 19.8 Å². The topological polar surface area (TPSA) is 29.5 Å². The third-order valence-electron chi connectivity index (χ3n) is 2.06. The summed E-state index contributed by atoms with van der Waals surface area (Å²) in [7, 11) is 0. The van der Waals surface area contributed by atoms with Crippen LogP contribution in [0.4, 0.5) is 0 Å². The van der Waals surface area contributed by atoms with E-state index in [2.05, 4.69) is 15.9 Å². The van der Waals surface area contributed by atoms with Crippen molar-refractivity contribution in [2.24, 2.45) is 0 Å². The number of amides is 1. The van der Waals surface area contributed by atoms with Crippen LogP contribution in [-0.2, 0) is 9.53 Å². The van der Waals surface area contributed by atoms with Gasteiger partial charge in [0, 0.05) is 24.5 Å². The molecule has 1 heterocycles. The van der Waals surface area contributed by atoms with Crippen LogP contribution in [0, 0.1) is 0 Å². The van der Waals surface area contributed by atoms with Crippen molar-refractivity contribution in [2.45, 2.75) is 24.6 Å². The summed E-state index contributed by atoms with van der Waals surface area (Å²) < 4.78 is 5.19. The summed E-state index contributed by atoms with van der Waals surface area (Å²) in [4.78, 5) is 13.8. The van der Waals surface area contributed by atoms with Gasteiger partial charge >= 0.3 is 0 Å². The summed E-state index contributed by atoms with van der Waals surface area (Å²) in [5, 5.41) is 0. The Morgan fingerprint density at radius 3 is 3.00 bits per heavy atom. The number of nitrogens with zero attached hydrogens (tertiary/aromatic N) is 1. The smallest absolute Gasteiger partial charge is 0.248 e. The molecule has 0 radical (unpaired) electrons. The maximum atomic E-state index is 11.4. The first kappa shape index (κ1) is 11.0. The molecule has 3 nitrogen and oxygen atoms in total. The molecule has 0 bridgehead atoms. The molecule has 1 aliphatic rings. The maximum absolute atomic E-state index is 11.4. The average Bonchev–Trinajstić information content (AvgIpc) is 2.52. The molecule has 13 heavy (non-hydrogen) atoms. The van der Waals surface area contributed by atoms with E-state index in [1.165, 1.54) is 0 Å². The van der Waals surface area contributed by atoms with E-state index in [1.54, 1.807) is 0 Å². The zero-order valence-corrected chi connectivity index (χ0v) is 9.55. The van der Waals surface area contributed by atoms with E-state index in [4.69, 9.17) is 4.74 Å². The van der Waals surface area contributed by atoms with E-state index in [0.29, 0.717) is 11.4 Å². The van der Waals surface area contributed by atoms with Gasteiger partial charge in [-0.3, -0.25) is 4.79 Å². The lowest BCUT2D eigenvalue weighted by atomic mass is 10.4. The number of ether oxygens (including phenoxy) is 1. The molecule has 1 aliphatic heterocycles. The predicted molar refractivity (Wildman–Crippen MR) is 55.0 cm³/mol. The van der Waals surface area contributed by atoms with Gasteiger partial charge in [-0.25, -0.2) is 0 Å². The molecule has 1 atom stereocenters. The van der Waals surface area contributed by atoms with Crippen LogP contribution < -0.4 is 0 Å². The van der Waals surface area contributed by atoms with Crippen LogP contribution in [0.25, 0.3) is 0 Å². The summed E-state index contributed by atoms with van der Waals surface area (Å²) >= 11 is 3.49. The van der Waals surface area contributed by atoms with Gasteiger partial charge in [-0.2, -0.15) is 0 Å². The fraction of sp³-hybridized carbons (Fsp3) is 0.889. The number of hydrogen-bond donors (Lipinski definition) is 0. The number of likely N-dealkylation sites (tertiary alicyclic amines) is 1. The van der Waals surface area contributed by atoms with Gasteiger partial charge in [0.25, 0.3) is 0 Å². The molecule has 1 rings (SSSR count). The lowest BCUT2D eigenvalue weighted by Gasteiger charge is -2.15. The van der Waals surface area contributed by atoms with Gasteiger partial charge in [0.05, 0.1) is 0 Å². The molecule has 0 aromatic heterocycles. The number of carbonyl (C=O) groups is 1. The monoisotopic (exact) mass is 249 g/mol. The number of rotatable bonds is 4. The largest absolute Gasteiger partial charge is 0.372 e. The highest BCUT2D eigenvalue weighted by Crippen LogP contribution is 2.16. The molecule has 0 aromatic rings. The Hall–Kier alpha value is -0.0900. The van der Waals surface area contributed by atoms with Gasteiger partial charge in [-0.05, 0) is 12.8 Å². The van der Waals surface area contributed by atoms with E-state index in [1.807, 2.05) is 11.8 Å². The second-order valence-corrected chi connectivity index (χ2v) is 4.57. The zero-order valence-electron chi connectivity index (χ0n) is 7.96. The highest BCUT2D eigenvalue weighted by Gasteiger charge is 2.23. The molecule has 0 spiro atoms. The van der Waals surface area contributed by atoms with Gasteiger partial charge in [-0.1, -0.05) is 22.9 Å². The van der Waals surface area contributed by atoms with Crippen molar-refractivity contribution in [3.8, 4) is 0 Å². The van der Waals surface area contributed by atoms with Crippen molar-refractivity contribution >= 4 is 21.8 Å². The molecular weight excluding hydrogens is 234 g/mol. The van der Waals surface area contributed by atoms with Gasteiger partial charge in [0.15, 0.2) is 0 Å². The molecule has 1 fully saturated rings. The third kappa shape index (κ3) is 3.65. The quantitative estimate of drug-likeness (QED) is 0.557. The molecule has 1 amide bonds. The Bertz CT molecular complexity index is 175. The summed E-state index contributed by atoms with van der Waals surface area (Å²) in [6.07, 6.45) is 2.02. The Kier molecular flexibility index (Phi) is 4.73. The fourth-order valence-electron chi connectivity index (χ4n) is 1.34. The minimum Gasteiger partial charge on any atom is -0.372 e. The maximum Gasteiger partial charge on any atom is 0.248 e. The van der Waals surface area contributed by atoms with Crippen LogP contribution in [0.5, 0.6) is 0 Å². The summed E-state index contributed by atoms with van der Waals surface area (Å²) in [6, 6.07) is 0. The molecule has 0 N–H and O–H groups in total. The minimum absolute atomic E-state index is 0.121. The van der Waals surface area contributed by atoms with Crippen LogP contribution in [-0.4, -0.2) is 41.9 Å². The van der Waals surface area contributed by atoms with Crippen molar-refractivity contribution in [1.82, 2.24) is 4.90 Å². The number of hydrogen-bond acceptors (Lipinski definition) is 2. The number of halogens is 1. The highest BCUT2D eigenvalue weighted by molar-refractivity contribution is 9.09. The van der Waals surface area contributed by atoms with Crippen molar-refractivity contribution in [3.63, 3.8) is 0 Å². The van der Waals surface area contributed by atoms with Gasteiger partial charge in [-0.15, -0.1) is 0 Å². The van der Waals surface area contributed by atoms with E-state index >= 15 is 0 Å². The van der Waals surface area contributed by atoms with E-state index in [9.17, 15) is 4.79 Å². The predicted octanol–water partition coefficient (Wildman–Crippen LogP) is 1.41. The highest BCUT2D eigenvalue weighted by atomic mass is 79.9. The van der Waals surface area contributed by atoms with E-state index in [0.717, 1.165) is 25.9 Å². The Balaban J connectivity index is 2.16. The van der Waals surface area contributed by atoms with Crippen molar-refractivity contribution in [1.29, 1.82) is 0 Å². The molecule has 1 saturated heterocycles. The van der Waals surface area contributed by atoms with Crippen molar-refractivity contribution in [2.75, 3.05) is 26.3 Å². The van der Waals surface area contributed by atoms with Crippen LogP contribution in [0.2, 0.25) is 0 Å². The van der Waals surface area contributed by atoms with Crippen LogP contribution >= 0.6 is 15.9 Å². The minimum atomic E-state index is 0.121. The first-order valence-electron chi connectivity index (χ1n) is 4.73. The first-order valence-corrected chi connectivity index (χ1v) is 5.65. The average molecular weight is 250 g/mol. The molecule has 0 aromatic carbocycles. The van der Waals surface area contributed by atoms with Crippen LogP contribution in [0.3, 0.4) is 0 Å². The SMILES string of the molecule is CCCOCC(=O)N1CCC(Br)C1. The fourth-order valence-corrected chi connectivity index (χ4v) is 1.89. The van der Waals surface area contributed by atoms with Gasteiger partial charge in [0.1, 0.15) is 6.61 Å². The summed E-state index contributed by atoms with van der Waals surface area (Å²) in [5.41, 5.74) is 0. The summed E-state index contributed by atoms with van der Waals surface area (Å²) in [6.45, 7) is 4.65. The second-order valence-electron chi connectivity index (χ2n) is 3.28. The zero-order chi connectivity index (χ0) is 9.68. The standard InChI is InChI=1S/C9H16BrNO2/c1-2-5-13-7-9(12)11-4-3-8(10)6-11/h8H,2-7H2,1H3. The number of alkyl halides is 1. The Morgan fingerprint density at radius 2 is 2.46 bits per heavy atom.